The van der Waals surface area contributed by atoms with Gasteiger partial charge in [0, 0.05) is 17.5 Å². The summed E-state index contributed by atoms with van der Waals surface area (Å²) in [4.78, 5) is 10.7. The number of benzene rings is 1. The molecule has 0 unspecified atom stereocenters. The van der Waals surface area contributed by atoms with Crippen LogP contribution in [0.1, 0.15) is 12.5 Å². The lowest BCUT2D eigenvalue weighted by atomic mass is 10.2. The van der Waals surface area contributed by atoms with E-state index in [0.29, 0.717) is 11.6 Å². The van der Waals surface area contributed by atoms with E-state index in [1.54, 1.807) is 12.1 Å². The number of rotatable bonds is 3. The van der Waals surface area contributed by atoms with Crippen LogP contribution in [-0.2, 0) is 23.7 Å². The summed E-state index contributed by atoms with van der Waals surface area (Å²) in [5, 5.41) is 0.643. The minimum absolute atomic E-state index is 0.177. The number of carbonyl (C=O) groups excluding carboxylic acids is 1. The van der Waals surface area contributed by atoms with Crippen LogP contribution in [0.5, 0.6) is 0 Å². The van der Waals surface area contributed by atoms with Crippen molar-refractivity contribution < 1.29 is 19.0 Å². The van der Waals surface area contributed by atoms with E-state index >= 15 is 0 Å². The quantitative estimate of drug-likeness (QED) is 0.629. The fraction of sp³-hybridized carbons (Fsp3) is 0.417. The van der Waals surface area contributed by atoms with Gasteiger partial charge < -0.3 is 14.2 Å². The first-order chi connectivity index (χ1) is 8.49. The van der Waals surface area contributed by atoms with Crippen LogP contribution in [0.4, 0.5) is 0 Å². The van der Waals surface area contributed by atoms with Crippen molar-refractivity contribution in [2.75, 3.05) is 13.2 Å². The Morgan fingerprint density at radius 2 is 2.22 bits per heavy atom. The van der Waals surface area contributed by atoms with Gasteiger partial charge in [0.2, 0.25) is 0 Å². The Kier molecular flexibility index (Phi) is 4.27. The van der Waals surface area contributed by atoms with E-state index in [4.69, 9.17) is 25.8 Å². The molecule has 0 amide bonds. The van der Waals surface area contributed by atoms with Gasteiger partial charge in [-0.2, -0.15) is 0 Å². The molecule has 0 radical (unpaired) electrons. The summed E-state index contributed by atoms with van der Waals surface area (Å²) in [6.07, 6.45) is -0.288. The van der Waals surface area contributed by atoms with Crippen molar-refractivity contribution in [1.82, 2.24) is 0 Å². The lowest BCUT2D eigenvalue weighted by Crippen LogP contribution is -2.23. The monoisotopic (exact) mass is 334 g/mol. The predicted octanol–water partition coefficient (Wildman–Crippen LogP) is 2.82. The van der Waals surface area contributed by atoms with Crippen LogP contribution in [0.3, 0.4) is 0 Å². The van der Waals surface area contributed by atoms with Crippen LogP contribution >= 0.6 is 27.5 Å². The minimum atomic E-state index is -0.998. The Balaban J connectivity index is 2.01. The molecular weight excluding hydrogens is 323 g/mol. The van der Waals surface area contributed by atoms with Crippen LogP contribution < -0.4 is 0 Å². The van der Waals surface area contributed by atoms with Gasteiger partial charge in [-0.05, 0) is 28.1 Å². The fourth-order valence-corrected chi connectivity index (χ4v) is 2.36. The topological polar surface area (TPSA) is 44.8 Å². The summed E-state index contributed by atoms with van der Waals surface area (Å²) < 4.78 is 15.2. The van der Waals surface area contributed by atoms with Gasteiger partial charge in [0.05, 0.1) is 6.61 Å². The van der Waals surface area contributed by atoms with Gasteiger partial charge in [-0.15, -0.1) is 0 Å². The van der Waals surface area contributed by atoms with Crippen LogP contribution in [0.25, 0.3) is 0 Å². The summed E-state index contributed by atoms with van der Waals surface area (Å²) in [7, 11) is 0. The first-order valence-corrected chi connectivity index (χ1v) is 6.57. The van der Waals surface area contributed by atoms with Gasteiger partial charge in [-0.3, -0.25) is 4.79 Å². The summed E-state index contributed by atoms with van der Waals surface area (Å²) >= 11 is 9.22. The standard InChI is InChI=1S/C12H12BrClO4/c1-8(15)16-6-11-7-17-12(13,18-11)9-2-4-10(14)5-3-9/h2-5,11H,6-7H2,1H3/t11-,12+/m1/s1. The molecule has 0 aromatic heterocycles. The molecule has 0 aliphatic carbocycles. The predicted molar refractivity (Wildman–Crippen MR) is 69.5 cm³/mol. The number of halogens is 2. The molecule has 1 aromatic carbocycles. The molecular formula is C12H12BrClO4. The van der Waals surface area contributed by atoms with Crippen LogP contribution in [0, 0.1) is 0 Å². The zero-order valence-corrected chi connectivity index (χ0v) is 12.0. The molecule has 1 aliphatic heterocycles. The number of ether oxygens (including phenoxy) is 3. The molecule has 1 heterocycles. The third-order valence-electron chi connectivity index (χ3n) is 2.43. The second-order valence-corrected chi connectivity index (χ2v) is 5.38. The van der Waals surface area contributed by atoms with Gasteiger partial charge in [0.25, 0.3) is 4.70 Å². The van der Waals surface area contributed by atoms with Crippen molar-refractivity contribution in [3.8, 4) is 0 Å². The normalized spacial score (nSPS) is 27.2. The first kappa shape index (κ1) is 13.8. The average Bonchev–Trinajstić information content (AvgIpc) is 2.71. The lowest BCUT2D eigenvalue weighted by molar-refractivity contribution is -0.147. The largest absolute Gasteiger partial charge is 0.463 e. The fourth-order valence-electron chi connectivity index (χ4n) is 1.58. The summed E-state index contributed by atoms with van der Waals surface area (Å²) in [6.45, 7) is 1.88. The van der Waals surface area contributed by atoms with Crippen molar-refractivity contribution in [3.05, 3.63) is 34.9 Å². The molecule has 0 spiro atoms. The number of esters is 1. The second-order valence-electron chi connectivity index (χ2n) is 3.90. The SMILES string of the molecule is CC(=O)OC[C@@H]1CO[C@@](Br)(c2ccc(Cl)cc2)O1. The van der Waals surface area contributed by atoms with Crippen LogP contribution in [0.2, 0.25) is 5.02 Å². The number of hydrogen-bond donors (Lipinski definition) is 0. The van der Waals surface area contributed by atoms with E-state index in [9.17, 15) is 4.79 Å². The van der Waals surface area contributed by atoms with Crippen molar-refractivity contribution >= 4 is 33.5 Å². The Bertz CT molecular complexity index is 436. The highest BCUT2D eigenvalue weighted by Gasteiger charge is 2.41. The van der Waals surface area contributed by atoms with E-state index in [1.165, 1.54) is 6.92 Å². The Morgan fingerprint density at radius 3 is 2.83 bits per heavy atom. The molecule has 6 heteroatoms. The van der Waals surface area contributed by atoms with Crippen molar-refractivity contribution in [3.63, 3.8) is 0 Å². The van der Waals surface area contributed by atoms with E-state index < -0.39 is 4.70 Å². The highest BCUT2D eigenvalue weighted by atomic mass is 79.9. The maximum absolute atomic E-state index is 10.7. The molecule has 0 bridgehead atoms. The summed E-state index contributed by atoms with van der Waals surface area (Å²) in [5.74, 6) is -0.336. The number of alkyl halides is 1. The molecule has 2 atom stereocenters. The maximum atomic E-state index is 10.7. The van der Waals surface area contributed by atoms with Gasteiger partial charge in [0.1, 0.15) is 12.7 Å². The highest BCUT2D eigenvalue weighted by Crippen LogP contribution is 2.40. The summed E-state index contributed by atoms with van der Waals surface area (Å²) in [5.41, 5.74) is 0.803. The average molecular weight is 336 g/mol. The summed E-state index contributed by atoms with van der Waals surface area (Å²) in [6, 6.07) is 7.13. The molecule has 1 aromatic rings. The first-order valence-electron chi connectivity index (χ1n) is 5.40. The molecule has 2 rings (SSSR count). The Morgan fingerprint density at radius 1 is 1.56 bits per heavy atom. The second kappa shape index (κ2) is 5.57. The van der Waals surface area contributed by atoms with E-state index in [0.717, 1.165) is 5.56 Å². The maximum Gasteiger partial charge on any atom is 0.302 e. The van der Waals surface area contributed by atoms with Crippen LogP contribution in [-0.4, -0.2) is 25.3 Å². The number of carbonyl (C=O) groups is 1. The van der Waals surface area contributed by atoms with E-state index in [2.05, 4.69) is 15.9 Å². The molecule has 4 nitrogen and oxygen atoms in total. The minimum Gasteiger partial charge on any atom is -0.463 e. The molecule has 0 N–H and O–H groups in total. The third kappa shape index (κ3) is 3.23. The van der Waals surface area contributed by atoms with Gasteiger partial charge >= 0.3 is 5.97 Å². The van der Waals surface area contributed by atoms with Gasteiger partial charge in [0.15, 0.2) is 0 Å². The molecule has 1 fully saturated rings. The van der Waals surface area contributed by atoms with Gasteiger partial charge in [-0.1, -0.05) is 23.7 Å². The molecule has 1 aliphatic rings. The molecule has 1 saturated heterocycles. The Hall–Kier alpha value is -0.620. The molecule has 18 heavy (non-hydrogen) atoms. The zero-order chi connectivity index (χ0) is 13.2. The van der Waals surface area contributed by atoms with E-state index in [1.807, 2.05) is 12.1 Å². The molecule has 98 valence electrons. The van der Waals surface area contributed by atoms with Gasteiger partial charge in [-0.25, -0.2) is 0 Å². The van der Waals surface area contributed by atoms with Crippen molar-refractivity contribution in [2.45, 2.75) is 17.7 Å². The highest BCUT2D eigenvalue weighted by molar-refractivity contribution is 9.09. The van der Waals surface area contributed by atoms with Crippen LogP contribution in [0.15, 0.2) is 24.3 Å². The Labute approximate surface area is 118 Å². The third-order valence-corrected chi connectivity index (χ3v) is 3.56. The molecule has 0 saturated carbocycles. The zero-order valence-electron chi connectivity index (χ0n) is 9.69. The van der Waals surface area contributed by atoms with Crippen molar-refractivity contribution in [1.29, 1.82) is 0 Å². The lowest BCUT2D eigenvalue weighted by Gasteiger charge is -2.21. The van der Waals surface area contributed by atoms with Crippen molar-refractivity contribution in [2.24, 2.45) is 0 Å². The van der Waals surface area contributed by atoms with E-state index in [-0.39, 0.29) is 18.7 Å². The smallest absolute Gasteiger partial charge is 0.302 e. The number of hydrogen-bond acceptors (Lipinski definition) is 4.